The SMILES string of the molecule is Cc1sc(C)c(C2C=CNC=N2)c1C.Cl. The molecule has 0 saturated heterocycles. The van der Waals surface area contributed by atoms with Crippen LogP contribution in [-0.4, -0.2) is 6.34 Å². The molecule has 1 aliphatic rings. The first-order valence-corrected chi connectivity index (χ1v) is 5.52. The van der Waals surface area contributed by atoms with Gasteiger partial charge in [0.25, 0.3) is 0 Å². The first-order chi connectivity index (χ1) is 6.70. The quantitative estimate of drug-likeness (QED) is 0.803. The minimum absolute atomic E-state index is 0. The smallest absolute Gasteiger partial charge is 0.0977 e. The topological polar surface area (TPSA) is 24.4 Å². The summed E-state index contributed by atoms with van der Waals surface area (Å²) < 4.78 is 0. The number of hydrogen-bond donors (Lipinski definition) is 1. The molecule has 0 aliphatic carbocycles. The van der Waals surface area contributed by atoms with Crippen LogP contribution in [0.25, 0.3) is 0 Å². The molecule has 2 heterocycles. The largest absolute Gasteiger partial charge is 0.353 e. The molecule has 1 N–H and O–H groups in total. The van der Waals surface area contributed by atoms with Crippen LogP contribution in [0.5, 0.6) is 0 Å². The highest BCUT2D eigenvalue weighted by molar-refractivity contribution is 7.12. The third-order valence-electron chi connectivity index (χ3n) is 2.60. The summed E-state index contributed by atoms with van der Waals surface area (Å²) in [6, 6.07) is 0.209. The lowest BCUT2D eigenvalue weighted by Crippen LogP contribution is -2.09. The van der Waals surface area contributed by atoms with Gasteiger partial charge in [-0.25, -0.2) is 0 Å². The van der Waals surface area contributed by atoms with E-state index in [4.69, 9.17) is 0 Å². The van der Waals surface area contributed by atoms with Gasteiger partial charge < -0.3 is 5.32 Å². The molecule has 1 atom stereocenters. The summed E-state index contributed by atoms with van der Waals surface area (Å²) in [5, 5.41) is 2.96. The summed E-state index contributed by atoms with van der Waals surface area (Å²) >= 11 is 1.86. The highest BCUT2D eigenvalue weighted by Gasteiger charge is 2.16. The van der Waals surface area contributed by atoms with Gasteiger partial charge in [-0.05, 0) is 38.0 Å². The van der Waals surface area contributed by atoms with E-state index >= 15 is 0 Å². The lowest BCUT2D eigenvalue weighted by Gasteiger charge is -2.12. The molecular formula is C11H15ClN2S. The minimum Gasteiger partial charge on any atom is -0.353 e. The fourth-order valence-corrected chi connectivity index (χ4v) is 2.88. The van der Waals surface area contributed by atoms with Crippen LogP contribution in [0, 0.1) is 20.8 Å². The van der Waals surface area contributed by atoms with Crippen LogP contribution in [0.2, 0.25) is 0 Å². The van der Waals surface area contributed by atoms with Gasteiger partial charge >= 0.3 is 0 Å². The van der Waals surface area contributed by atoms with E-state index in [0.717, 1.165) is 0 Å². The Morgan fingerprint density at radius 3 is 2.47 bits per heavy atom. The first-order valence-electron chi connectivity index (χ1n) is 4.71. The Labute approximate surface area is 101 Å². The molecule has 0 fully saturated rings. The normalized spacial score (nSPS) is 18.5. The van der Waals surface area contributed by atoms with E-state index in [1.54, 1.807) is 6.34 Å². The summed E-state index contributed by atoms with van der Waals surface area (Å²) in [5.41, 5.74) is 2.77. The van der Waals surface area contributed by atoms with Crippen molar-refractivity contribution in [2.24, 2.45) is 4.99 Å². The molecule has 0 bridgehead atoms. The second kappa shape index (κ2) is 4.81. The Morgan fingerprint density at radius 2 is 2.00 bits per heavy atom. The number of aryl methyl sites for hydroxylation is 2. The summed E-state index contributed by atoms with van der Waals surface area (Å²) in [6.07, 6.45) is 5.81. The maximum Gasteiger partial charge on any atom is 0.0977 e. The van der Waals surface area contributed by atoms with Crippen LogP contribution >= 0.6 is 23.7 Å². The zero-order valence-corrected chi connectivity index (χ0v) is 10.7. The van der Waals surface area contributed by atoms with Crippen LogP contribution in [0.4, 0.5) is 0 Å². The second-order valence-electron chi connectivity index (χ2n) is 3.50. The molecule has 0 aromatic carbocycles. The van der Waals surface area contributed by atoms with E-state index in [-0.39, 0.29) is 18.4 Å². The third-order valence-corrected chi connectivity index (χ3v) is 3.74. The molecule has 0 radical (unpaired) electrons. The number of nitrogens with one attached hydrogen (secondary N) is 1. The van der Waals surface area contributed by atoms with Crippen molar-refractivity contribution in [3.05, 3.63) is 33.2 Å². The van der Waals surface area contributed by atoms with Crippen molar-refractivity contribution in [3.8, 4) is 0 Å². The number of rotatable bonds is 1. The van der Waals surface area contributed by atoms with Gasteiger partial charge in [0.05, 0.1) is 12.4 Å². The summed E-state index contributed by atoms with van der Waals surface area (Å²) in [5.74, 6) is 0. The molecule has 0 saturated carbocycles. The summed E-state index contributed by atoms with van der Waals surface area (Å²) in [4.78, 5) is 7.20. The van der Waals surface area contributed by atoms with Crippen molar-refractivity contribution in [1.82, 2.24) is 5.32 Å². The van der Waals surface area contributed by atoms with Crippen LogP contribution in [0.3, 0.4) is 0 Å². The zero-order valence-electron chi connectivity index (χ0n) is 9.07. The minimum atomic E-state index is 0. The Kier molecular flexibility index (Phi) is 3.94. The maximum absolute atomic E-state index is 4.42. The number of aliphatic imine (C=N–C) groups is 1. The molecule has 0 spiro atoms. The molecule has 0 amide bonds. The monoisotopic (exact) mass is 242 g/mol. The fraction of sp³-hybridized carbons (Fsp3) is 0.364. The van der Waals surface area contributed by atoms with Crippen LogP contribution in [0.1, 0.15) is 26.9 Å². The van der Waals surface area contributed by atoms with E-state index < -0.39 is 0 Å². The van der Waals surface area contributed by atoms with Gasteiger partial charge in [0.1, 0.15) is 0 Å². The van der Waals surface area contributed by atoms with Crippen molar-refractivity contribution in [2.45, 2.75) is 26.8 Å². The molecule has 1 aromatic rings. The summed E-state index contributed by atoms with van der Waals surface area (Å²) in [7, 11) is 0. The van der Waals surface area contributed by atoms with Crippen molar-refractivity contribution in [3.63, 3.8) is 0 Å². The van der Waals surface area contributed by atoms with E-state index in [1.165, 1.54) is 20.9 Å². The molecule has 15 heavy (non-hydrogen) atoms. The van der Waals surface area contributed by atoms with Gasteiger partial charge in [-0.3, -0.25) is 4.99 Å². The molecular weight excluding hydrogens is 228 g/mol. The van der Waals surface area contributed by atoms with Crippen LogP contribution < -0.4 is 5.32 Å². The van der Waals surface area contributed by atoms with E-state index in [9.17, 15) is 0 Å². The molecule has 2 rings (SSSR count). The highest BCUT2D eigenvalue weighted by atomic mass is 35.5. The first kappa shape index (κ1) is 12.3. The third kappa shape index (κ3) is 2.24. The Morgan fingerprint density at radius 1 is 1.27 bits per heavy atom. The number of halogens is 1. The average molecular weight is 243 g/mol. The second-order valence-corrected chi connectivity index (χ2v) is 4.93. The van der Waals surface area contributed by atoms with Gasteiger partial charge in [-0.2, -0.15) is 0 Å². The van der Waals surface area contributed by atoms with Gasteiger partial charge in [0.2, 0.25) is 0 Å². The van der Waals surface area contributed by atoms with Gasteiger partial charge in [-0.15, -0.1) is 23.7 Å². The van der Waals surface area contributed by atoms with Crippen molar-refractivity contribution >= 4 is 30.1 Å². The highest BCUT2D eigenvalue weighted by Crippen LogP contribution is 2.34. The molecule has 4 heteroatoms. The Bertz CT molecular complexity index is 395. The van der Waals surface area contributed by atoms with E-state index in [0.29, 0.717) is 0 Å². The van der Waals surface area contributed by atoms with Crippen molar-refractivity contribution in [1.29, 1.82) is 0 Å². The Balaban J connectivity index is 0.00000112. The van der Waals surface area contributed by atoms with Gasteiger partial charge in [0.15, 0.2) is 0 Å². The molecule has 1 aromatic heterocycles. The van der Waals surface area contributed by atoms with Crippen LogP contribution in [0.15, 0.2) is 17.3 Å². The molecule has 2 nitrogen and oxygen atoms in total. The number of nitrogens with zero attached hydrogens (tertiary/aromatic N) is 1. The standard InChI is InChI=1S/C11H14N2S.ClH/c1-7-8(2)14-9(3)11(7)10-4-5-12-6-13-10;/h4-6,10H,1-3H3,(H,12,13);1H. The zero-order chi connectivity index (χ0) is 10.1. The Hall–Kier alpha value is -0.800. The van der Waals surface area contributed by atoms with Crippen molar-refractivity contribution < 1.29 is 0 Å². The molecule has 1 aliphatic heterocycles. The van der Waals surface area contributed by atoms with E-state index in [1.807, 2.05) is 17.5 Å². The molecule has 82 valence electrons. The average Bonchev–Trinajstić information content (AvgIpc) is 2.43. The van der Waals surface area contributed by atoms with Crippen molar-refractivity contribution in [2.75, 3.05) is 0 Å². The van der Waals surface area contributed by atoms with Gasteiger partial charge in [0, 0.05) is 16.0 Å². The maximum atomic E-state index is 4.42. The predicted octanol–water partition coefficient (Wildman–Crippen LogP) is 3.28. The van der Waals surface area contributed by atoms with Crippen LogP contribution in [-0.2, 0) is 0 Å². The van der Waals surface area contributed by atoms with E-state index in [2.05, 4.69) is 37.2 Å². The van der Waals surface area contributed by atoms with Gasteiger partial charge in [-0.1, -0.05) is 0 Å². The molecule has 1 unspecified atom stereocenters. The number of thiophene rings is 1. The lowest BCUT2D eigenvalue weighted by atomic mass is 10.0. The lowest BCUT2D eigenvalue weighted by molar-refractivity contribution is 0.872. The predicted molar refractivity (Wildman–Crippen MR) is 69.3 cm³/mol. The number of hydrogen-bond acceptors (Lipinski definition) is 3. The fourth-order valence-electron chi connectivity index (χ4n) is 1.78. The summed E-state index contributed by atoms with van der Waals surface area (Å²) in [6.45, 7) is 6.52.